The van der Waals surface area contributed by atoms with E-state index in [0.717, 1.165) is 17.0 Å². The second-order valence-electron chi connectivity index (χ2n) is 9.11. The molecule has 0 aliphatic carbocycles. The Morgan fingerprint density at radius 2 is 1.89 bits per heavy atom. The van der Waals surface area contributed by atoms with Crippen LogP contribution < -0.4 is 16.0 Å². The van der Waals surface area contributed by atoms with Gasteiger partial charge in [-0.2, -0.15) is 18.3 Å². The molecule has 44 heavy (non-hydrogen) atoms. The molecule has 240 valence electrons. The van der Waals surface area contributed by atoms with Crippen LogP contribution in [-0.4, -0.2) is 84.2 Å². The van der Waals surface area contributed by atoms with Gasteiger partial charge in [0.15, 0.2) is 0 Å². The summed E-state index contributed by atoms with van der Waals surface area (Å²) in [4.78, 5) is 38.4. The van der Waals surface area contributed by atoms with Gasteiger partial charge in [0.25, 0.3) is 11.8 Å². The fraction of sp³-hybridized carbons (Fsp3) is 0.393. The summed E-state index contributed by atoms with van der Waals surface area (Å²) in [5.41, 5.74) is 0.559. The van der Waals surface area contributed by atoms with Crippen molar-refractivity contribution in [2.24, 2.45) is 0 Å². The van der Waals surface area contributed by atoms with E-state index in [9.17, 15) is 36.3 Å². The molecule has 1 aromatic carbocycles. The van der Waals surface area contributed by atoms with Crippen molar-refractivity contribution in [1.29, 1.82) is 0 Å². The lowest BCUT2D eigenvalue weighted by Gasteiger charge is -2.38. The standard InChI is InChI=1S/C13H18F2N4O2.C8H11N3O2.C7H5F3/c1-16-11-5-9(3-4-17-11)10(6-21-2)19-8-13(14,15)7-18-12(19)20;1-2-11-7(3-4-10-11)8(13)9-5-6-12;8-7(9,10)6-4-2-1-3-5-6/h3-5,10H,6-8H2,1-2H3,(H,16,17)(H,18,20);3-4,6H,2,5H2,1H3,(H,9,13);1-5H. The molecule has 4 rings (SSSR count). The lowest BCUT2D eigenvalue weighted by molar-refractivity contribution is -0.137. The molecular formula is C28H34F5N7O4. The molecule has 1 aliphatic heterocycles. The highest BCUT2D eigenvalue weighted by molar-refractivity contribution is 5.93. The van der Waals surface area contributed by atoms with Gasteiger partial charge in [-0.05, 0) is 30.7 Å². The molecule has 0 radical (unpaired) electrons. The lowest BCUT2D eigenvalue weighted by Crippen LogP contribution is -2.58. The summed E-state index contributed by atoms with van der Waals surface area (Å²) in [6.45, 7) is 1.41. The molecule has 1 atom stereocenters. The normalized spacial score (nSPS) is 14.5. The molecule has 3 aromatic rings. The van der Waals surface area contributed by atoms with Gasteiger partial charge in [-0.3, -0.25) is 9.48 Å². The number of nitrogens with one attached hydrogen (secondary N) is 3. The fourth-order valence-corrected chi connectivity index (χ4v) is 3.88. The molecule has 1 aliphatic rings. The number of benzene rings is 1. The third-order valence-electron chi connectivity index (χ3n) is 5.98. The number of urea groups is 1. The highest BCUT2D eigenvalue weighted by Crippen LogP contribution is 2.29. The average molecular weight is 628 g/mol. The maximum absolute atomic E-state index is 13.6. The zero-order valence-electron chi connectivity index (χ0n) is 24.3. The monoisotopic (exact) mass is 627 g/mol. The maximum Gasteiger partial charge on any atom is 0.416 e. The van der Waals surface area contributed by atoms with Gasteiger partial charge in [-0.1, -0.05) is 30.3 Å². The molecule has 3 amide bonds. The first-order valence-corrected chi connectivity index (χ1v) is 13.3. The van der Waals surface area contributed by atoms with Crippen molar-refractivity contribution in [3.05, 3.63) is 77.7 Å². The first-order valence-electron chi connectivity index (χ1n) is 13.3. The molecule has 0 spiro atoms. The lowest BCUT2D eigenvalue weighted by atomic mass is 10.1. The number of carbonyl (C=O) groups is 3. The van der Waals surface area contributed by atoms with Crippen LogP contribution in [0.1, 0.15) is 34.6 Å². The number of nitrogens with zero attached hydrogens (tertiary/aromatic N) is 4. The Morgan fingerprint density at radius 3 is 2.45 bits per heavy atom. The molecular weight excluding hydrogens is 593 g/mol. The molecule has 16 heteroatoms. The van der Waals surface area contributed by atoms with Gasteiger partial charge in [-0.15, -0.1) is 0 Å². The largest absolute Gasteiger partial charge is 0.416 e. The van der Waals surface area contributed by atoms with Crippen LogP contribution in [0.15, 0.2) is 60.9 Å². The second kappa shape index (κ2) is 16.9. The van der Waals surface area contributed by atoms with Crippen molar-refractivity contribution in [3.8, 4) is 0 Å². The molecule has 0 bridgehead atoms. The summed E-state index contributed by atoms with van der Waals surface area (Å²) in [6.07, 6.45) is -0.449. The molecule has 1 unspecified atom stereocenters. The van der Waals surface area contributed by atoms with E-state index in [1.807, 2.05) is 6.92 Å². The van der Waals surface area contributed by atoms with Gasteiger partial charge in [-0.25, -0.2) is 18.6 Å². The number of carbonyl (C=O) groups excluding carboxylic acids is 3. The number of rotatable bonds is 9. The van der Waals surface area contributed by atoms with Crippen LogP contribution in [0.5, 0.6) is 0 Å². The number of methoxy groups -OCH3 is 1. The SMILES string of the molecule is CCn1nccc1C(=O)NCC=O.CNc1cc(C(COC)N2CC(F)(F)CNC2=O)ccn1.FC(F)(F)c1ccccc1. The number of aromatic nitrogens is 3. The number of hydrogen-bond donors (Lipinski definition) is 3. The predicted molar refractivity (Wildman–Crippen MR) is 151 cm³/mol. The highest BCUT2D eigenvalue weighted by atomic mass is 19.4. The maximum atomic E-state index is 13.6. The zero-order chi connectivity index (χ0) is 32.8. The Kier molecular flexibility index (Phi) is 13.7. The van der Waals surface area contributed by atoms with Crippen LogP contribution in [0.2, 0.25) is 0 Å². The van der Waals surface area contributed by atoms with Gasteiger partial charge in [0.2, 0.25) is 0 Å². The summed E-state index contributed by atoms with van der Waals surface area (Å²) < 4.78 is 69.2. The number of anilines is 1. The number of hydrogen-bond acceptors (Lipinski definition) is 7. The number of alkyl halides is 5. The van der Waals surface area contributed by atoms with E-state index in [-0.39, 0.29) is 19.1 Å². The van der Waals surface area contributed by atoms with Crippen molar-refractivity contribution < 1.29 is 41.1 Å². The van der Waals surface area contributed by atoms with E-state index < -0.39 is 42.8 Å². The van der Waals surface area contributed by atoms with Gasteiger partial charge >= 0.3 is 12.2 Å². The van der Waals surface area contributed by atoms with Crippen LogP contribution >= 0.6 is 0 Å². The summed E-state index contributed by atoms with van der Waals surface area (Å²) in [5, 5.41) is 11.5. The summed E-state index contributed by atoms with van der Waals surface area (Å²) in [7, 11) is 3.17. The smallest absolute Gasteiger partial charge is 0.382 e. The molecule has 0 saturated carbocycles. The van der Waals surface area contributed by atoms with E-state index in [0.29, 0.717) is 29.9 Å². The Bertz CT molecular complexity index is 1340. The first-order chi connectivity index (χ1) is 20.9. The minimum absolute atomic E-state index is 0.0354. The van der Waals surface area contributed by atoms with E-state index in [4.69, 9.17) is 4.74 Å². The van der Waals surface area contributed by atoms with Gasteiger partial charge in [0.1, 0.15) is 17.8 Å². The zero-order valence-corrected chi connectivity index (χ0v) is 24.3. The number of pyridine rings is 1. The Balaban J connectivity index is 0.000000250. The van der Waals surface area contributed by atoms with Crippen LogP contribution in [0.3, 0.4) is 0 Å². The molecule has 2 aromatic heterocycles. The molecule has 1 fully saturated rings. The minimum Gasteiger partial charge on any atom is -0.382 e. The molecule has 3 N–H and O–H groups in total. The second-order valence-corrected chi connectivity index (χ2v) is 9.11. The quantitative estimate of drug-likeness (QED) is 0.242. The Morgan fingerprint density at radius 1 is 1.18 bits per heavy atom. The number of amides is 3. The van der Waals surface area contributed by atoms with Gasteiger partial charge in [0, 0.05) is 33.1 Å². The van der Waals surface area contributed by atoms with E-state index in [1.54, 1.807) is 48.4 Å². The average Bonchev–Trinajstić information content (AvgIpc) is 3.50. The van der Waals surface area contributed by atoms with Gasteiger partial charge in [0.05, 0.1) is 37.8 Å². The van der Waals surface area contributed by atoms with Gasteiger partial charge < -0.3 is 30.4 Å². The third-order valence-corrected chi connectivity index (χ3v) is 5.98. The number of ether oxygens (including phenoxy) is 1. The van der Waals surface area contributed by atoms with Crippen LogP contribution in [0.4, 0.5) is 32.6 Å². The Hall–Kier alpha value is -4.60. The molecule has 3 heterocycles. The number of halogens is 5. The predicted octanol–water partition coefficient (Wildman–Crippen LogP) is 4.01. The van der Waals surface area contributed by atoms with E-state index in [2.05, 4.69) is 26.0 Å². The summed E-state index contributed by atoms with van der Waals surface area (Å²) in [6, 6.07) is 10.3. The van der Waals surface area contributed by atoms with Crippen molar-refractivity contribution in [3.63, 3.8) is 0 Å². The van der Waals surface area contributed by atoms with E-state index >= 15 is 0 Å². The number of aldehydes is 1. The van der Waals surface area contributed by atoms with Crippen LogP contribution in [-0.2, 0) is 22.3 Å². The topological polar surface area (TPSA) is 130 Å². The number of aryl methyl sites for hydroxylation is 1. The third kappa shape index (κ3) is 10.9. The van der Waals surface area contributed by atoms with Crippen LogP contribution in [0.25, 0.3) is 0 Å². The summed E-state index contributed by atoms with van der Waals surface area (Å²) >= 11 is 0. The van der Waals surface area contributed by atoms with Crippen LogP contribution in [0, 0.1) is 0 Å². The van der Waals surface area contributed by atoms with Crippen molar-refractivity contribution >= 4 is 24.0 Å². The highest BCUT2D eigenvalue weighted by Gasteiger charge is 2.42. The van der Waals surface area contributed by atoms with Crippen molar-refractivity contribution in [2.45, 2.75) is 31.6 Å². The van der Waals surface area contributed by atoms with Crippen molar-refractivity contribution in [1.82, 2.24) is 30.3 Å². The van der Waals surface area contributed by atoms with E-state index in [1.165, 1.54) is 19.2 Å². The first kappa shape index (κ1) is 35.6. The van der Waals surface area contributed by atoms with Crippen molar-refractivity contribution in [2.75, 3.05) is 45.7 Å². The summed E-state index contributed by atoms with van der Waals surface area (Å²) in [5.74, 6) is -2.64. The Labute approximate surface area is 250 Å². The minimum atomic E-state index is -4.21. The fourth-order valence-electron chi connectivity index (χ4n) is 3.88. The molecule has 11 nitrogen and oxygen atoms in total. The molecule has 1 saturated heterocycles.